The Bertz CT molecular complexity index is 353. The zero-order chi connectivity index (χ0) is 12.8. The van der Waals surface area contributed by atoms with Crippen LogP contribution in [0.4, 0.5) is 11.4 Å². The van der Waals surface area contributed by atoms with Crippen LogP contribution in [0.5, 0.6) is 5.75 Å². The summed E-state index contributed by atoms with van der Waals surface area (Å²) in [5.41, 5.74) is 7.31. The third kappa shape index (κ3) is 4.15. The highest BCUT2D eigenvalue weighted by molar-refractivity contribution is 5.61. The van der Waals surface area contributed by atoms with Crippen LogP contribution < -0.4 is 15.8 Å². The van der Waals surface area contributed by atoms with Crippen LogP contribution in [-0.2, 0) is 0 Å². The molecule has 0 amide bonds. The Morgan fingerprint density at radius 2 is 2.12 bits per heavy atom. The van der Waals surface area contributed by atoms with Crippen molar-refractivity contribution in [2.24, 2.45) is 5.92 Å². The molecule has 0 saturated carbocycles. The van der Waals surface area contributed by atoms with E-state index in [0.29, 0.717) is 24.6 Å². The van der Waals surface area contributed by atoms with Crippen LogP contribution in [0.25, 0.3) is 0 Å². The summed E-state index contributed by atoms with van der Waals surface area (Å²) in [6.45, 7) is 7.00. The van der Waals surface area contributed by atoms with Crippen molar-refractivity contribution in [2.45, 2.75) is 26.9 Å². The summed E-state index contributed by atoms with van der Waals surface area (Å²) in [6.07, 6.45) is -0.358. The molecule has 0 aliphatic carbocycles. The van der Waals surface area contributed by atoms with E-state index < -0.39 is 0 Å². The Labute approximate surface area is 103 Å². The van der Waals surface area contributed by atoms with Gasteiger partial charge in [0.15, 0.2) is 0 Å². The second kappa shape index (κ2) is 6.35. The molecule has 0 bridgehead atoms. The summed E-state index contributed by atoms with van der Waals surface area (Å²) in [4.78, 5) is 0. The molecule has 0 heterocycles. The van der Waals surface area contributed by atoms with E-state index >= 15 is 0 Å². The van der Waals surface area contributed by atoms with Crippen molar-refractivity contribution in [3.8, 4) is 5.75 Å². The van der Waals surface area contributed by atoms with Crippen LogP contribution in [0.2, 0.25) is 0 Å². The molecule has 1 atom stereocenters. The van der Waals surface area contributed by atoms with E-state index in [2.05, 4.69) is 5.32 Å². The molecule has 0 radical (unpaired) electrons. The standard InChI is InChI=1S/C13H22N2O2/c1-4-17-13-7-10(5-6-11(13)14)15-8-12(16)9(2)3/h5-7,9,12,15-16H,4,8,14H2,1-3H3. The molecule has 0 spiro atoms. The van der Waals surface area contributed by atoms with Gasteiger partial charge in [-0.25, -0.2) is 0 Å². The second-order valence-corrected chi connectivity index (χ2v) is 4.38. The number of ether oxygens (including phenoxy) is 1. The molecule has 4 N–H and O–H groups in total. The fourth-order valence-electron chi connectivity index (χ4n) is 1.38. The van der Waals surface area contributed by atoms with Gasteiger partial charge < -0.3 is 20.9 Å². The second-order valence-electron chi connectivity index (χ2n) is 4.38. The maximum Gasteiger partial charge on any atom is 0.144 e. The largest absolute Gasteiger partial charge is 0.492 e. The Morgan fingerprint density at radius 1 is 1.41 bits per heavy atom. The summed E-state index contributed by atoms with van der Waals surface area (Å²) in [6, 6.07) is 5.53. The first-order valence-electron chi connectivity index (χ1n) is 5.98. The van der Waals surface area contributed by atoms with Crippen LogP contribution in [0.1, 0.15) is 20.8 Å². The van der Waals surface area contributed by atoms with Crippen molar-refractivity contribution in [1.29, 1.82) is 0 Å². The fraction of sp³-hybridized carbons (Fsp3) is 0.538. The van der Waals surface area contributed by atoms with Crippen LogP contribution in [0.15, 0.2) is 18.2 Å². The first-order chi connectivity index (χ1) is 8.04. The van der Waals surface area contributed by atoms with Gasteiger partial charge in [0, 0.05) is 18.3 Å². The molecule has 1 aromatic rings. The zero-order valence-corrected chi connectivity index (χ0v) is 10.7. The number of aliphatic hydroxyl groups excluding tert-OH is 1. The molecule has 1 rings (SSSR count). The van der Waals surface area contributed by atoms with E-state index in [4.69, 9.17) is 10.5 Å². The van der Waals surface area contributed by atoms with E-state index in [-0.39, 0.29) is 12.0 Å². The highest BCUT2D eigenvalue weighted by Gasteiger charge is 2.09. The minimum absolute atomic E-state index is 0.239. The van der Waals surface area contributed by atoms with Crippen molar-refractivity contribution in [3.05, 3.63) is 18.2 Å². The van der Waals surface area contributed by atoms with Gasteiger partial charge in [0.1, 0.15) is 5.75 Å². The molecule has 1 unspecified atom stereocenters. The number of nitrogens with two attached hydrogens (primary N) is 1. The van der Waals surface area contributed by atoms with Gasteiger partial charge in [0.25, 0.3) is 0 Å². The number of nitrogen functional groups attached to an aromatic ring is 1. The number of nitrogens with one attached hydrogen (secondary N) is 1. The van der Waals surface area contributed by atoms with E-state index in [1.807, 2.05) is 32.9 Å². The lowest BCUT2D eigenvalue weighted by Gasteiger charge is -2.16. The summed E-state index contributed by atoms with van der Waals surface area (Å²) in [5.74, 6) is 0.916. The van der Waals surface area contributed by atoms with Crippen molar-refractivity contribution >= 4 is 11.4 Å². The molecule has 0 fully saturated rings. The first-order valence-corrected chi connectivity index (χ1v) is 5.98. The number of hydrogen-bond acceptors (Lipinski definition) is 4. The highest BCUT2D eigenvalue weighted by atomic mass is 16.5. The maximum atomic E-state index is 9.70. The van der Waals surface area contributed by atoms with Crippen LogP contribution in [-0.4, -0.2) is 24.4 Å². The molecule has 0 aromatic heterocycles. The number of hydrogen-bond donors (Lipinski definition) is 3. The molecule has 1 aromatic carbocycles. The molecule has 17 heavy (non-hydrogen) atoms. The van der Waals surface area contributed by atoms with E-state index in [9.17, 15) is 5.11 Å². The molecule has 96 valence electrons. The van der Waals surface area contributed by atoms with E-state index in [1.54, 1.807) is 6.07 Å². The van der Waals surface area contributed by atoms with Gasteiger partial charge in [-0.05, 0) is 25.0 Å². The summed E-state index contributed by atoms with van der Waals surface area (Å²) in [5, 5.41) is 12.9. The van der Waals surface area contributed by atoms with Crippen molar-refractivity contribution in [2.75, 3.05) is 24.2 Å². The van der Waals surface area contributed by atoms with Gasteiger partial charge in [-0.15, -0.1) is 0 Å². The number of benzene rings is 1. The molecular weight excluding hydrogens is 216 g/mol. The SMILES string of the molecule is CCOc1cc(NCC(O)C(C)C)ccc1N. The van der Waals surface area contributed by atoms with Gasteiger partial charge in [0.2, 0.25) is 0 Å². The van der Waals surface area contributed by atoms with Gasteiger partial charge in [-0.2, -0.15) is 0 Å². The Morgan fingerprint density at radius 3 is 2.71 bits per heavy atom. The van der Waals surface area contributed by atoms with Crippen LogP contribution in [0, 0.1) is 5.92 Å². The zero-order valence-electron chi connectivity index (χ0n) is 10.7. The van der Waals surface area contributed by atoms with Crippen molar-refractivity contribution in [1.82, 2.24) is 0 Å². The minimum Gasteiger partial charge on any atom is -0.492 e. The molecule has 0 aliphatic heterocycles. The summed E-state index contributed by atoms with van der Waals surface area (Å²) >= 11 is 0. The average molecular weight is 238 g/mol. The normalized spacial score (nSPS) is 12.5. The monoisotopic (exact) mass is 238 g/mol. The van der Waals surface area contributed by atoms with Gasteiger partial charge in [-0.1, -0.05) is 13.8 Å². The molecule has 0 saturated heterocycles. The molecule has 4 nitrogen and oxygen atoms in total. The Kier molecular flexibility index (Phi) is 5.10. The quantitative estimate of drug-likeness (QED) is 0.664. The van der Waals surface area contributed by atoms with Gasteiger partial charge in [0.05, 0.1) is 18.4 Å². The van der Waals surface area contributed by atoms with E-state index in [0.717, 1.165) is 5.69 Å². The minimum atomic E-state index is -0.358. The van der Waals surface area contributed by atoms with Crippen LogP contribution in [0.3, 0.4) is 0 Å². The molecule has 4 heteroatoms. The average Bonchev–Trinajstić information content (AvgIpc) is 2.29. The lowest BCUT2D eigenvalue weighted by atomic mass is 10.1. The first kappa shape index (κ1) is 13.6. The van der Waals surface area contributed by atoms with Gasteiger partial charge >= 0.3 is 0 Å². The molecule has 0 aliphatic rings. The van der Waals surface area contributed by atoms with Crippen LogP contribution >= 0.6 is 0 Å². The maximum absolute atomic E-state index is 9.70. The van der Waals surface area contributed by atoms with Crippen molar-refractivity contribution in [3.63, 3.8) is 0 Å². The summed E-state index contributed by atoms with van der Waals surface area (Å²) < 4.78 is 5.40. The summed E-state index contributed by atoms with van der Waals surface area (Å²) in [7, 11) is 0. The number of aliphatic hydroxyl groups is 1. The third-order valence-corrected chi connectivity index (χ3v) is 2.60. The number of rotatable bonds is 6. The predicted octanol–water partition coefficient (Wildman–Crippen LogP) is 2.10. The predicted molar refractivity (Wildman–Crippen MR) is 71.4 cm³/mol. The van der Waals surface area contributed by atoms with E-state index in [1.165, 1.54) is 0 Å². The molecular formula is C13H22N2O2. The third-order valence-electron chi connectivity index (χ3n) is 2.60. The number of anilines is 2. The smallest absolute Gasteiger partial charge is 0.144 e. The van der Waals surface area contributed by atoms with Gasteiger partial charge in [-0.3, -0.25) is 0 Å². The lowest BCUT2D eigenvalue weighted by molar-refractivity contribution is 0.138. The highest BCUT2D eigenvalue weighted by Crippen LogP contribution is 2.25. The Balaban J connectivity index is 2.62. The van der Waals surface area contributed by atoms with Crippen molar-refractivity contribution < 1.29 is 9.84 Å². The lowest BCUT2D eigenvalue weighted by Crippen LogP contribution is -2.24. The Hall–Kier alpha value is -1.42. The topological polar surface area (TPSA) is 67.5 Å². The fourth-order valence-corrected chi connectivity index (χ4v) is 1.38.